The van der Waals surface area contributed by atoms with E-state index in [0.29, 0.717) is 5.70 Å². The third-order valence-corrected chi connectivity index (χ3v) is 3.32. The number of rotatable bonds is 3. The van der Waals surface area contributed by atoms with Crippen molar-refractivity contribution < 1.29 is 4.79 Å². The fourth-order valence-corrected chi connectivity index (χ4v) is 2.34. The zero-order valence-corrected chi connectivity index (χ0v) is 11.3. The molecule has 1 heterocycles. The van der Waals surface area contributed by atoms with Gasteiger partial charge in [0, 0.05) is 13.1 Å². The Bertz CT molecular complexity index is 781. The van der Waals surface area contributed by atoms with Gasteiger partial charge in [0.25, 0.3) is 0 Å². The van der Waals surface area contributed by atoms with Crippen molar-refractivity contribution in [3.8, 4) is 0 Å². The van der Waals surface area contributed by atoms with Crippen LogP contribution in [0.3, 0.4) is 0 Å². The molecule has 2 nitrogen and oxygen atoms in total. The first-order chi connectivity index (χ1) is 9.75. The summed E-state index contributed by atoms with van der Waals surface area (Å²) in [4.78, 5) is 12.0. The molecule has 0 aliphatic heterocycles. The molecular weight excluding hydrogens is 246 g/mol. The van der Waals surface area contributed by atoms with E-state index >= 15 is 0 Å². The number of para-hydroxylation sites is 1. The first kappa shape index (κ1) is 12.4. The van der Waals surface area contributed by atoms with E-state index in [1.165, 1.54) is 0 Å². The maximum absolute atomic E-state index is 12.0. The number of aromatic nitrogens is 1. The van der Waals surface area contributed by atoms with Crippen LogP contribution in [0.2, 0.25) is 0 Å². The topological polar surface area (TPSA) is 22.0 Å². The number of benzene rings is 2. The summed E-state index contributed by atoms with van der Waals surface area (Å²) in [5.41, 5.74) is 2.75. The highest BCUT2D eigenvalue weighted by Crippen LogP contribution is 2.21. The second-order valence-electron chi connectivity index (χ2n) is 4.74. The maximum atomic E-state index is 12.0. The standard InChI is InChI=1S/C18H15NO/c1-14(20)18(13-15-7-3-2-4-8-15)19-12-11-16-9-5-6-10-17(16)19/h2-13H,1H3/b18-13-. The smallest absolute Gasteiger partial charge is 0.176 e. The lowest BCUT2D eigenvalue weighted by Crippen LogP contribution is -2.03. The number of Topliss-reactive ketones (excluding diaryl/α,β-unsaturated/α-hetero) is 1. The molecule has 0 saturated carbocycles. The average molecular weight is 261 g/mol. The van der Waals surface area contributed by atoms with Gasteiger partial charge < -0.3 is 4.57 Å². The fourth-order valence-electron chi connectivity index (χ4n) is 2.34. The lowest BCUT2D eigenvalue weighted by molar-refractivity contribution is -0.112. The van der Waals surface area contributed by atoms with E-state index in [0.717, 1.165) is 16.5 Å². The van der Waals surface area contributed by atoms with Crippen molar-refractivity contribution in [1.82, 2.24) is 4.57 Å². The van der Waals surface area contributed by atoms with Gasteiger partial charge in [0.1, 0.15) is 0 Å². The van der Waals surface area contributed by atoms with Crippen molar-refractivity contribution in [2.75, 3.05) is 0 Å². The van der Waals surface area contributed by atoms with Gasteiger partial charge in [-0.3, -0.25) is 4.79 Å². The molecule has 98 valence electrons. The van der Waals surface area contributed by atoms with Gasteiger partial charge in [-0.2, -0.15) is 0 Å². The predicted molar refractivity (Wildman–Crippen MR) is 83.2 cm³/mol. The molecule has 3 aromatic rings. The number of carbonyl (C=O) groups excluding carboxylic acids is 1. The number of hydrogen-bond donors (Lipinski definition) is 0. The second-order valence-corrected chi connectivity index (χ2v) is 4.74. The average Bonchev–Trinajstić information content (AvgIpc) is 2.89. The van der Waals surface area contributed by atoms with E-state index in [4.69, 9.17) is 0 Å². The Morgan fingerprint density at radius 1 is 0.950 bits per heavy atom. The second kappa shape index (κ2) is 5.17. The SMILES string of the molecule is CC(=O)/C(=C/c1ccccc1)n1ccc2ccccc21. The van der Waals surface area contributed by atoms with Crippen molar-refractivity contribution in [1.29, 1.82) is 0 Å². The largest absolute Gasteiger partial charge is 0.313 e. The van der Waals surface area contributed by atoms with Crippen LogP contribution in [-0.4, -0.2) is 10.4 Å². The van der Waals surface area contributed by atoms with Crippen LogP contribution in [0.25, 0.3) is 22.7 Å². The summed E-state index contributed by atoms with van der Waals surface area (Å²) in [6.45, 7) is 1.60. The Balaban J connectivity index is 2.17. The number of nitrogens with zero attached hydrogens (tertiary/aromatic N) is 1. The predicted octanol–water partition coefficient (Wildman–Crippen LogP) is 4.23. The van der Waals surface area contributed by atoms with E-state index in [9.17, 15) is 4.79 Å². The minimum Gasteiger partial charge on any atom is -0.313 e. The molecule has 0 atom stereocenters. The Labute approximate surface area is 118 Å². The summed E-state index contributed by atoms with van der Waals surface area (Å²) in [7, 11) is 0. The molecule has 0 spiro atoms. The number of hydrogen-bond acceptors (Lipinski definition) is 1. The zero-order valence-electron chi connectivity index (χ0n) is 11.3. The summed E-state index contributed by atoms with van der Waals surface area (Å²) in [6.07, 6.45) is 3.87. The molecule has 1 aromatic heterocycles. The summed E-state index contributed by atoms with van der Waals surface area (Å²) in [5, 5.41) is 1.13. The minimum absolute atomic E-state index is 0.0511. The minimum atomic E-state index is 0.0511. The summed E-state index contributed by atoms with van der Waals surface area (Å²) < 4.78 is 1.95. The molecule has 0 amide bonds. The van der Waals surface area contributed by atoms with Crippen LogP contribution in [0.5, 0.6) is 0 Å². The molecule has 20 heavy (non-hydrogen) atoms. The van der Waals surface area contributed by atoms with E-state index < -0.39 is 0 Å². The van der Waals surface area contributed by atoms with Crippen LogP contribution in [0.4, 0.5) is 0 Å². The summed E-state index contributed by atoms with van der Waals surface area (Å²) in [5.74, 6) is 0.0511. The molecule has 0 aliphatic rings. The Hall–Kier alpha value is -2.61. The van der Waals surface area contributed by atoms with Crippen LogP contribution in [0.1, 0.15) is 12.5 Å². The maximum Gasteiger partial charge on any atom is 0.176 e. The highest BCUT2D eigenvalue weighted by molar-refractivity contribution is 6.19. The highest BCUT2D eigenvalue weighted by atomic mass is 16.1. The first-order valence-corrected chi connectivity index (χ1v) is 6.60. The van der Waals surface area contributed by atoms with Crippen molar-refractivity contribution in [2.24, 2.45) is 0 Å². The zero-order chi connectivity index (χ0) is 13.9. The highest BCUT2D eigenvalue weighted by Gasteiger charge is 2.09. The molecule has 0 fully saturated rings. The lowest BCUT2D eigenvalue weighted by atomic mass is 10.1. The monoisotopic (exact) mass is 261 g/mol. The van der Waals surface area contributed by atoms with Gasteiger partial charge in [0.2, 0.25) is 0 Å². The third-order valence-electron chi connectivity index (χ3n) is 3.32. The molecule has 3 rings (SSSR count). The van der Waals surface area contributed by atoms with E-state index in [-0.39, 0.29) is 5.78 Å². The Kier molecular flexibility index (Phi) is 3.21. The van der Waals surface area contributed by atoms with Crippen LogP contribution in [0.15, 0.2) is 66.9 Å². The van der Waals surface area contributed by atoms with Gasteiger partial charge >= 0.3 is 0 Å². The van der Waals surface area contributed by atoms with Crippen LogP contribution in [0, 0.1) is 0 Å². The van der Waals surface area contributed by atoms with Crippen LogP contribution >= 0.6 is 0 Å². The normalized spacial score (nSPS) is 11.8. The van der Waals surface area contributed by atoms with Gasteiger partial charge in [0.15, 0.2) is 5.78 Å². The van der Waals surface area contributed by atoms with Gasteiger partial charge in [-0.05, 0) is 29.2 Å². The molecule has 0 aliphatic carbocycles. The quantitative estimate of drug-likeness (QED) is 0.647. The Morgan fingerprint density at radius 2 is 1.65 bits per heavy atom. The van der Waals surface area contributed by atoms with Gasteiger partial charge in [-0.25, -0.2) is 0 Å². The molecule has 0 radical (unpaired) electrons. The van der Waals surface area contributed by atoms with Crippen molar-refractivity contribution >= 4 is 28.5 Å². The molecule has 0 N–H and O–H groups in total. The fraction of sp³-hybridized carbons (Fsp3) is 0.0556. The molecular formula is C18H15NO. The first-order valence-electron chi connectivity index (χ1n) is 6.60. The number of ketones is 1. The molecule has 0 bridgehead atoms. The van der Waals surface area contributed by atoms with Crippen LogP contribution < -0.4 is 0 Å². The molecule has 2 heteroatoms. The summed E-state index contributed by atoms with van der Waals surface area (Å²) >= 11 is 0. The van der Waals surface area contributed by atoms with E-state index in [1.54, 1.807) is 6.92 Å². The van der Waals surface area contributed by atoms with E-state index in [1.807, 2.05) is 77.5 Å². The van der Waals surface area contributed by atoms with Gasteiger partial charge in [0.05, 0.1) is 11.2 Å². The van der Waals surface area contributed by atoms with Crippen molar-refractivity contribution in [2.45, 2.75) is 6.92 Å². The van der Waals surface area contributed by atoms with Gasteiger partial charge in [-0.1, -0.05) is 48.5 Å². The number of carbonyl (C=O) groups is 1. The number of fused-ring (bicyclic) bond motifs is 1. The summed E-state index contributed by atoms with van der Waals surface area (Å²) in [6, 6.07) is 20.0. The Morgan fingerprint density at radius 3 is 2.40 bits per heavy atom. The van der Waals surface area contributed by atoms with Crippen LogP contribution in [-0.2, 0) is 4.79 Å². The lowest BCUT2D eigenvalue weighted by Gasteiger charge is -2.08. The van der Waals surface area contributed by atoms with Crippen molar-refractivity contribution in [3.05, 3.63) is 72.4 Å². The molecule has 2 aromatic carbocycles. The molecule has 0 unspecified atom stereocenters. The third kappa shape index (κ3) is 2.28. The van der Waals surface area contributed by atoms with Crippen molar-refractivity contribution in [3.63, 3.8) is 0 Å². The van der Waals surface area contributed by atoms with Gasteiger partial charge in [-0.15, -0.1) is 0 Å². The number of allylic oxidation sites excluding steroid dienone is 1. The molecule has 0 saturated heterocycles. The van der Waals surface area contributed by atoms with E-state index in [2.05, 4.69) is 0 Å².